The predicted molar refractivity (Wildman–Crippen MR) is 183 cm³/mol. The fraction of sp³-hybridized carbons (Fsp3) is 0.0278. The summed E-state index contributed by atoms with van der Waals surface area (Å²) in [7, 11) is 0. The number of nitrogens with one attached hydrogen (secondary N) is 2. The van der Waals surface area contributed by atoms with E-state index in [2.05, 4.69) is 10.6 Å². The molecule has 0 fully saturated rings. The second-order valence-electron chi connectivity index (χ2n) is 9.96. The van der Waals surface area contributed by atoms with E-state index in [1.165, 1.54) is 11.8 Å². The van der Waals surface area contributed by atoms with Gasteiger partial charge in [0.2, 0.25) is 5.91 Å². The molecule has 1 heterocycles. The highest BCUT2D eigenvalue weighted by Crippen LogP contribution is 2.48. The third-order valence-electron chi connectivity index (χ3n) is 6.87. The Morgan fingerprint density at radius 1 is 0.733 bits per heavy atom. The van der Waals surface area contributed by atoms with Crippen LogP contribution in [0.4, 0.5) is 17.1 Å². The van der Waals surface area contributed by atoms with Crippen molar-refractivity contribution in [2.24, 2.45) is 0 Å². The summed E-state index contributed by atoms with van der Waals surface area (Å²) in [6.07, 6.45) is 1.59. The van der Waals surface area contributed by atoms with Crippen molar-refractivity contribution >= 4 is 76.0 Å². The van der Waals surface area contributed by atoms with Gasteiger partial charge in [0.05, 0.1) is 17.1 Å². The molecule has 6 nitrogen and oxygen atoms in total. The number of anilines is 3. The van der Waals surface area contributed by atoms with E-state index in [4.69, 9.17) is 11.6 Å². The molecule has 2 N–H and O–H groups in total. The minimum Gasteiger partial charge on any atom is -0.321 e. The van der Waals surface area contributed by atoms with Crippen molar-refractivity contribution in [1.82, 2.24) is 5.32 Å². The first-order valence-electron chi connectivity index (χ1n) is 14.0. The van der Waals surface area contributed by atoms with Crippen LogP contribution in [0.3, 0.4) is 0 Å². The van der Waals surface area contributed by atoms with E-state index in [9.17, 15) is 14.4 Å². The van der Waals surface area contributed by atoms with E-state index in [0.29, 0.717) is 21.8 Å². The van der Waals surface area contributed by atoms with Gasteiger partial charge in [0, 0.05) is 31.0 Å². The first-order chi connectivity index (χ1) is 21.9. The van der Waals surface area contributed by atoms with Crippen LogP contribution in [0.5, 0.6) is 0 Å². The zero-order chi connectivity index (χ0) is 31.2. The van der Waals surface area contributed by atoms with E-state index in [-0.39, 0.29) is 17.4 Å². The molecule has 9 heteroatoms. The Labute approximate surface area is 274 Å². The Morgan fingerprint density at radius 3 is 1.98 bits per heavy atom. The molecule has 1 aliphatic heterocycles. The Balaban J connectivity index is 1.14. The van der Waals surface area contributed by atoms with Crippen molar-refractivity contribution in [1.29, 1.82) is 0 Å². The average Bonchev–Trinajstić information content (AvgIpc) is 3.07. The molecule has 0 spiro atoms. The maximum Gasteiger partial charge on any atom is 0.272 e. The molecule has 0 aliphatic carbocycles. The number of hydrogen-bond donors (Lipinski definition) is 2. The summed E-state index contributed by atoms with van der Waals surface area (Å²) in [4.78, 5) is 44.5. The summed E-state index contributed by atoms with van der Waals surface area (Å²) in [6.45, 7) is 0. The highest BCUT2D eigenvalue weighted by Gasteiger charge is 2.27. The van der Waals surface area contributed by atoms with Crippen LogP contribution in [0.15, 0.2) is 148 Å². The second kappa shape index (κ2) is 13.9. The Hall–Kier alpha value is -4.76. The second-order valence-corrected chi connectivity index (χ2v) is 12.5. The van der Waals surface area contributed by atoms with Crippen LogP contribution in [0.1, 0.15) is 15.9 Å². The van der Waals surface area contributed by atoms with Crippen LogP contribution in [-0.4, -0.2) is 23.5 Å². The summed E-state index contributed by atoms with van der Waals surface area (Å²) >= 11 is 9.11. The minimum absolute atomic E-state index is 0.0243. The maximum absolute atomic E-state index is 13.5. The first-order valence-corrected chi connectivity index (χ1v) is 16.2. The molecule has 0 unspecified atom stereocenters. The van der Waals surface area contributed by atoms with Crippen molar-refractivity contribution in [2.45, 2.75) is 14.7 Å². The van der Waals surface area contributed by atoms with E-state index in [1.807, 2.05) is 66.7 Å². The van der Waals surface area contributed by atoms with Gasteiger partial charge in [-0.25, -0.2) is 0 Å². The standard InChI is InChI=1S/C36H26ClN3O3S2/c37-26-16-14-24(15-17-26)22-29(39-35(42)25-8-2-1-3-9-25)36(43)38-27-18-20-28(21-19-27)44-23-34(41)40-30-10-4-6-12-32(30)45-33-13-7-5-11-31(33)40/h1-22H,23H2,(H,38,43)(H,39,42)/b29-22-. The highest BCUT2D eigenvalue weighted by atomic mass is 35.5. The van der Waals surface area contributed by atoms with Gasteiger partial charge < -0.3 is 10.6 Å². The van der Waals surface area contributed by atoms with Crippen molar-refractivity contribution in [3.8, 4) is 0 Å². The van der Waals surface area contributed by atoms with E-state index in [1.54, 1.807) is 83.4 Å². The molecular weight excluding hydrogens is 622 g/mol. The number of para-hydroxylation sites is 2. The lowest BCUT2D eigenvalue weighted by atomic mass is 10.1. The zero-order valence-electron chi connectivity index (χ0n) is 23.8. The molecule has 0 radical (unpaired) electrons. The van der Waals surface area contributed by atoms with Crippen LogP contribution < -0.4 is 15.5 Å². The Morgan fingerprint density at radius 2 is 1.33 bits per heavy atom. The van der Waals surface area contributed by atoms with E-state index < -0.39 is 11.8 Å². The minimum atomic E-state index is -0.481. The Bertz CT molecular complexity index is 1850. The van der Waals surface area contributed by atoms with Crippen molar-refractivity contribution in [2.75, 3.05) is 16.0 Å². The van der Waals surface area contributed by atoms with Crippen molar-refractivity contribution in [3.05, 3.63) is 149 Å². The highest BCUT2D eigenvalue weighted by molar-refractivity contribution is 8.00. The number of nitrogens with zero attached hydrogens (tertiary/aromatic N) is 1. The lowest BCUT2D eigenvalue weighted by Crippen LogP contribution is -2.30. The molecule has 0 bridgehead atoms. The molecule has 3 amide bonds. The fourth-order valence-corrected chi connectivity index (χ4v) is 6.62. The molecule has 0 saturated carbocycles. The van der Waals surface area contributed by atoms with Crippen molar-refractivity contribution < 1.29 is 14.4 Å². The van der Waals surface area contributed by atoms with Crippen LogP contribution in [0.25, 0.3) is 6.08 Å². The molecule has 222 valence electrons. The summed E-state index contributed by atoms with van der Waals surface area (Å²) in [5.41, 5.74) is 3.52. The molecule has 0 aromatic heterocycles. The third-order valence-corrected chi connectivity index (χ3v) is 9.24. The van der Waals surface area contributed by atoms with Gasteiger partial charge in [-0.1, -0.05) is 78.0 Å². The van der Waals surface area contributed by atoms with Crippen LogP contribution in [0.2, 0.25) is 5.02 Å². The molecule has 45 heavy (non-hydrogen) atoms. The third kappa shape index (κ3) is 7.32. The van der Waals surface area contributed by atoms with Gasteiger partial charge in [0.25, 0.3) is 11.8 Å². The van der Waals surface area contributed by atoms with E-state index in [0.717, 1.165) is 26.1 Å². The van der Waals surface area contributed by atoms with Crippen molar-refractivity contribution in [3.63, 3.8) is 0 Å². The number of benzene rings is 5. The predicted octanol–water partition coefficient (Wildman–Crippen LogP) is 8.67. The largest absolute Gasteiger partial charge is 0.321 e. The number of halogens is 1. The summed E-state index contributed by atoms with van der Waals surface area (Å²) in [5, 5.41) is 6.16. The van der Waals surface area contributed by atoms with Gasteiger partial charge in [0.15, 0.2) is 0 Å². The molecule has 6 rings (SSSR count). The topological polar surface area (TPSA) is 78.5 Å². The maximum atomic E-state index is 13.5. The van der Waals surface area contributed by atoms with Gasteiger partial charge in [-0.15, -0.1) is 11.8 Å². The molecule has 5 aromatic carbocycles. The smallest absolute Gasteiger partial charge is 0.272 e. The molecule has 0 atom stereocenters. The Kier molecular flexibility index (Phi) is 9.35. The zero-order valence-corrected chi connectivity index (χ0v) is 26.2. The quantitative estimate of drug-likeness (QED) is 0.130. The van der Waals surface area contributed by atoms with Gasteiger partial charge in [0.1, 0.15) is 5.70 Å². The average molecular weight is 648 g/mol. The fourth-order valence-electron chi connectivity index (χ4n) is 4.68. The van der Waals surface area contributed by atoms with E-state index >= 15 is 0 Å². The number of carbonyl (C=O) groups is 3. The van der Waals surface area contributed by atoms with Gasteiger partial charge >= 0.3 is 0 Å². The monoisotopic (exact) mass is 647 g/mol. The van der Waals surface area contributed by atoms with Gasteiger partial charge in [-0.3, -0.25) is 19.3 Å². The molecule has 0 saturated heterocycles. The molecule has 1 aliphatic rings. The van der Waals surface area contributed by atoms with Crippen LogP contribution in [-0.2, 0) is 9.59 Å². The lowest BCUT2D eigenvalue weighted by molar-refractivity contribution is -0.115. The SMILES string of the molecule is O=C(Nc1ccc(SCC(=O)N2c3ccccc3Sc3ccccc32)cc1)/C(=C/c1ccc(Cl)cc1)NC(=O)c1ccccc1. The van der Waals surface area contributed by atoms with Gasteiger partial charge in [-0.05, 0) is 84.4 Å². The number of thioether (sulfide) groups is 1. The number of hydrogen-bond acceptors (Lipinski definition) is 5. The number of fused-ring (bicyclic) bond motifs is 2. The summed E-state index contributed by atoms with van der Waals surface area (Å²) < 4.78 is 0. The first kappa shape index (κ1) is 30.3. The number of rotatable bonds is 8. The summed E-state index contributed by atoms with van der Waals surface area (Å²) in [6, 6.07) is 38.7. The lowest BCUT2D eigenvalue weighted by Gasteiger charge is -2.31. The normalized spacial score (nSPS) is 12.1. The number of carbonyl (C=O) groups excluding carboxylic acids is 3. The van der Waals surface area contributed by atoms with Crippen LogP contribution >= 0.6 is 35.1 Å². The molecule has 5 aromatic rings. The summed E-state index contributed by atoms with van der Waals surface area (Å²) in [5.74, 6) is -0.674. The van der Waals surface area contributed by atoms with Gasteiger partial charge in [-0.2, -0.15) is 0 Å². The van der Waals surface area contributed by atoms with Crippen LogP contribution in [0, 0.1) is 0 Å². The molecular formula is C36H26ClN3O3S2. The number of amides is 3.